The van der Waals surface area contributed by atoms with E-state index in [0.29, 0.717) is 12.1 Å². The summed E-state index contributed by atoms with van der Waals surface area (Å²) < 4.78 is 0. The molecule has 3 N–H and O–H groups in total. The molecule has 1 aromatic carbocycles. The van der Waals surface area contributed by atoms with Gasteiger partial charge < -0.3 is 16.0 Å². The number of rotatable bonds is 9. The third kappa shape index (κ3) is 9.67. The van der Waals surface area contributed by atoms with Crippen molar-refractivity contribution in [2.75, 3.05) is 13.6 Å². The molecule has 0 spiro atoms. The van der Waals surface area contributed by atoms with Crippen molar-refractivity contribution in [1.82, 2.24) is 16.0 Å². The fourth-order valence-corrected chi connectivity index (χ4v) is 2.17. The lowest BCUT2D eigenvalue weighted by Crippen LogP contribution is -2.37. The van der Waals surface area contributed by atoms with Gasteiger partial charge >= 0.3 is 0 Å². The van der Waals surface area contributed by atoms with Crippen LogP contribution in [0.2, 0.25) is 0 Å². The Hall–Kier alpha value is -1.31. The Morgan fingerprint density at radius 3 is 2.36 bits per heavy atom. The van der Waals surface area contributed by atoms with Gasteiger partial charge in [0.1, 0.15) is 0 Å². The number of aliphatic imine (C=N–C) groups is 1. The van der Waals surface area contributed by atoms with Crippen LogP contribution < -0.4 is 16.0 Å². The third-order valence-corrected chi connectivity index (χ3v) is 3.96. The van der Waals surface area contributed by atoms with Gasteiger partial charge in [-0.1, -0.05) is 38.8 Å². The maximum atomic E-state index is 12.1. The van der Waals surface area contributed by atoms with Crippen LogP contribution in [0.3, 0.4) is 0 Å². The molecule has 5 nitrogen and oxygen atoms in total. The number of guanidine groups is 1. The standard InChI is InChI=1S/C19H32N4O.HI/c1-5-7-8-13-21-19(20-4)22-14-16-9-11-17(12-10-16)18(24)23-15(3)6-2;/h9-12,15H,5-8,13-14H2,1-4H3,(H,23,24)(H2,20,21,22);1H. The maximum absolute atomic E-state index is 12.1. The molecule has 1 atom stereocenters. The quantitative estimate of drug-likeness (QED) is 0.228. The molecule has 0 aromatic heterocycles. The molecule has 1 unspecified atom stereocenters. The fourth-order valence-electron chi connectivity index (χ4n) is 2.17. The second-order valence-corrected chi connectivity index (χ2v) is 6.04. The average Bonchev–Trinajstić information content (AvgIpc) is 2.61. The van der Waals surface area contributed by atoms with E-state index < -0.39 is 0 Å². The Bertz CT molecular complexity index is 517. The SMILES string of the molecule is CCCCCNC(=NC)NCc1ccc(C(=O)NC(C)CC)cc1.I. The molecular weight excluding hydrogens is 427 g/mol. The number of carbonyl (C=O) groups excluding carboxylic acids is 1. The Morgan fingerprint density at radius 1 is 1.12 bits per heavy atom. The molecule has 0 fully saturated rings. The van der Waals surface area contributed by atoms with E-state index in [9.17, 15) is 4.79 Å². The van der Waals surface area contributed by atoms with Gasteiger partial charge in [-0.2, -0.15) is 0 Å². The highest BCUT2D eigenvalue weighted by Gasteiger charge is 2.08. The first-order valence-electron chi connectivity index (χ1n) is 8.95. The summed E-state index contributed by atoms with van der Waals surface area (Å²) in [6.07, 6.45) is 4.52. The van der Waals surface area contributed by atoms with Gasteiger partial charge in [-0.3, -0.25) is 9.79 Å². The minimum absolute atomic E-state index is 0. The monoisotopic (exact) mass is 460 g/mol. The molecule has 0 aliphatic rings. The number of halogens is 1. The number of hydrogen-bond acceptors (Lipinski definition) is 2. The number of amides is 1. The lowest BCUT2D eigenvalue weighted by molar-refractivity contribution is 0.0939. The highest BCUT2D eigenvalue weighted by Crippen LogP contribution is 2.05. The minimum Gasteiger partial charge on any atom is -0.356 e. The first kappa shape index (κ1) is 23.7. The maximum Gasteiger partial charge on any atom is 0.251 e. The summed E-state index contributed by atoms with van der Waals surface area (Å²) in [6.45, 7) is 7.88. The molecule has 0 saturated carbocycles. The van der Waals surface area contributed by atoms with E-state index in [4.69, 9.17) is 0 Å². The van der Waals surface area contributed by atoms with Crippen LogP contribution in [0.25, 0.3) is 0 Å². The molecule has 0 radical (unpaired) electrons. The summed E-state index contributed by atoms with van der Waals surface area (Å²) in [5, 5.41) is 9.57. The first-order chi connectivity index (χ1) is 11.6. The van der Waals surface area contributed by atoms with E-state index in [1.165, 1.54) is 12.8 Å². The van der Waals surface area contributed by atoms with Crippen LogP contribution in [0.4, 0.5) is 0 Å². The summed E-state index contributed by atoms with van der Waals surface area (Å²) in [6, 6.07) is 7.88. The van der Waals surface area contributed by atoms with Crippen molar-refractivity contribution in [2.45, 2.75) is 59.0 Å². The Labute approximate surface area is 169 Å². The number of carbonyl (C=O) groups is 1. The van der Waals surface area contributed by atoms with Crippen LogP contribution in [0.1, 0.15) is 62.4 Å². The molecule has 142 valence electrons. The molecule has 0 bridgehead atoms. The molecule has 6 heteroatoms. The molecule has 0 saturated heterocycles. The van der Waals surface area contributed by atoms with E-state index in [1.807, 2.05) is 31.2 Å². The smallest absolute Gasteiger partial charge is 0.251 e. The van der Waals surface area contributed by atoms with Gasteiger partial charge in [-0.15, -0.1) is 24.0 Å². The van der Waals surface area contributed by atoms with Gasteiger partial charge in [0.2, 0.25) is 0 Å². The van der Waals surface area contributed by atoms with E-state index in [0.717, 1.165) is 30.9 Å². The van der Waals surface area contributed by atoms with Gasteiger partial charge in [-0.05, 0) is 37.5 Å². The van der Waals surface area contributed by atoms with Crippen molar-refractivity contribution in [3.05, 3.63) is 35.4 Å². The molecule has 1 rings (SSSR count). The van der Waals surface area contributed by atoms with Crippen molar-refractivity contribution < 1.29 is 4.79 Å². The Morgan fingerprint density at radius 2 is 1.80 bits per heavy atom. The summed E-state index contributed by atoms with van der Waals surface area (Å²) >= 11 is 0. The highest BCUT2D eigenvalue weighted by molar-refractivity contribution is 14.0. The van der Waals surface area contributed by atoms with Crippen molar-refractivity contribution in [3.63, 3.8) is 0 Å². The van der Waals surface area contributed by atoms with Crippen LogP contribution >= 0.6 is 24.0 Å². The predicted octanol–water partition coefficient (Wildman–Crippen LogP) is 3.69. The zero-order valence-corrected chi connectivity index (χ0v) is 18.2. The second kappa shape index (κ2) is 13.9. The average molecular weight is 460 g/mol. The topological polar surface area (TPSA) is 65.5 Å². The van der Waals surface area contributed by atoms with E-state index >= 15 is 0 Å². The Kier molecular flexibility index (Phi) is 13.2. The summed E-state index contributed by atoms with van der Waals surface area (Å²) in [7, 11) is 1.78. The van der Waals surface area contributed by atoms with Crippen LogP contribution in [0.15, 0.2) is 29.3 Å². The van der Waals surface area contributed by atoms with E-state index in [-0.39, 0.29) is 35.9 Å². The normalized spacial score (nSPS) is 12.1. The van der Waals surface area contributed by atoms with Gasteiger partial charge in [0.05, 0.1) is 0 Å². The molecule has 0 heterocycles. The first-order valence-corrected chi connectivity index (χ1v) is 8.95. The van der Waals surface area contributed by atoms with Crippen molar-refractivity contribution in [3.8, 4) is 0 Å². The highest BCUT2D eigenvalue weighted by atomic mass is 127. The summed E-state index contributed by atoms with van der Waals surface area (Å²) in [5.41, 5.74) is 1.81. The van der Waals surface area contributed by atoms with Crippen molar-refractivity contribution in [2.24, 2.45) is 4.99 Å². The van der Waals surface area contributed by atoms with Crippen LogP contribution in [-0.4, -0.2) is 31.5 Å². The number of hydrogen-bond donors (Lipinski definition) is 3. The molecule has 25 heavy (non-hydrogen) atoms. The number of benzene rings is 1. The zero-order valence-electron chi connectivity index (χ0n) is 15.9. The van der Waals surface area contributed by atoms with E-state index in [2.05, 4.69) is 34.8 Å². The number of unbranched alkanes of at least 4 members (excludes halogenated alkanes) is 2. The number of nitrogens with zero attached hydrogens (tertiary/aromatic N) is 1. The van der Waals surface area contributed by atoms with Gasteiger partial charge in [-0.25, -0.2) is 0 Å². The second-order valence-electron chi connectivity index (χ2n) is 6.04. The van der Waals surface area contributed by atoms with Gasteiger partial charge in [0, 0.05) is 31.7 Å². The van der Waals surface area contributed by atoms with Gasteiger partial charge in [0.15, 0.2) is 5.96 Å². The largest absolute Gasteiger partial charge is 0.356 e. The fraction of sp³-hybridized carbons (Fsp3) is 0.579. The summed E-state index contributed by atoms with van der Waals surface area (Å²) in [4.78, 5) is 16.3. The number of nitrogens with one attached hydrogen (secondary N) is 3. The van der Waals surface area contributed by atoms with Crippen molar-refractivity contribution in [1.29, 1.82) is 0 Å². The molecule has 1 amide bonds. The molecule has 0 aliphatic heterocycles. The summed E-state index contributed by atoms with van der Waals surface area (Å²) in [5.74, 6) is 0.793. The van der Waals surface area contributed by atoms with Crippen LogP contribution in [-0.2, 0) is 6.54 Å². The Balaban J connectivity index is 0.00000576. The zero-order chi connectivity index (χ0) is 17.8. The molecular formula is C19H33IN4O. The third-order valence-electron chi connectivity index (χ3n) is 3.96. The van der Waals surface area contributed by atoms with Crippen molar-refractivity contribution >= 4 is 35.8 Å². The lowest BCUT2D eigenvalue weighted by Gasteiger charge is -2.13. The molecule has 0 aliphatic carbocycles. The minimum atomic E-state index is -0.0164. The van der Waals surface area contributed by atoms with Gasteiger partial charge in [0.25, 0.3) is 5.91 Å². The van der Waals surface area contributed by atoms with E-state index in [1.54, 1.807) is 7.05 Å². The predicted molar refractivity (Wildman–Crippen MR) is 117 cm³/mol. The molecule has 1 aromatic rings. The van der Waals surface area contributed by atoms with Crippen LogP contribution in [0, 0.1) is 0 Å². The van der Waals surface area contributed by atoms with Crippen LogP contribution in [0.5, 0.6) is 0 Å². The lowest BCUT2D eigenvalue weighted by atomic mass is 10.1.